The largest absolute Gasteiger partial charge is 0.435 e. The van der Waals surface area contributed by atoms with Crippen LogP contribution in [-0.2, 0) is 143 Å². The van der Waals surface area contributed by atoms with Gasteiger partial charge in [0.05, 0.1) is 45.2 Å². The van der Waals surface area contributed by atoms with Gasteiger partial charge < -0.3 is 229 Å². The summed E-state index contributed by atoms with van der Waals surface area (Å²) in [4.78, 5) is 93.1. The predicted octanol–water partition coefficient (Wildman–Crippen LogP) is -18.9. The first-order chi connectivity index (χ1) is 55.2. The number of nitrogens with two attached hydrogens (primary N) is 2. The van der Waals surface area contributed by atoms with Gasteiger partial charge in [0.1, 0.15) is 152 Å². The number of carbonyl (C=O) groups is 8. The predicted molar refractivity (Wildman–Crippen MR) is 348 cm³/mol. The lowest BCUT2D eigenvalue weighted by atomic mass is 9.95. The molecule has 0 saturated carbocycles. The lowest BCUT2D eigenvalue weighted by molar-refractivity contribution is -0.402. The standard InChI is InChI=1S/C36H57N3O29.C26H42N2O20/c1-10(45)38-14-16(47)25(62-33-22(53)18(49)21(52)32(66-33)57-7-42)12(5-40)60-30(14)65-28-20(51)24(55)34(68-36(28)59-9-44)63-26-13(6-41)61-29(15(17(26)48)39-11(2)46)64-27-19(50)23(54)31(56-4-3-37)67-35(27)58-8-43;1-8(33)28-13-14(34)20(45-25-18(38)15(35)17(37)23(47-25)40-6-31)12(5-30)44-22(13)46-21-16(36)19(39)24(48-26(21)41-7-32)43-10-2-9(3-27)42-11(10)4-29/h7-9,12-36,40-41,47-55H,3-6,37H2,1-2H3,(H,38,45)(H,39,46);6-7,9-26,29-30,34-39H,2-5,27H2,1H3,(H,28,33)/t12?,13?,14?,15?,16-,17-,18+,19-,20-,21+,22?,23?,24?,25-,26-,27+,28+,29-,30-,31-,32?,33-,34-,35?,36?;9?,10-,11?,12?,13?,14+,15-,16+,17-,18?,19?,20+,21-,22+,23?,24+,25+,26?/m10/s1. The Balaban J connectivity index is 0.000000307. The van der Waals surface area contributed by atoms with Crippen molar-refractivity contribution < 1.29 is 240 Å². The SMILES string of the molecule is CC(=O)NC1[C@@H](O[C@@H]2C(OC=O)O[C@@H](O[C@@H]3C(CO)O[C@H](O[C@@H]4C(OC=O)O[C@@H](OCCN)C(O)[C@H]4O)C(NC(C)=O)[C@H]3O)C(O)[C@H]2O)OC(CO)[C@@H](O[C@@H]2OC(OC=O)[C@@H](O)[C@H](O)C2O)[C@@H]1O.CC(=O)NC1[C@@H](O[C@@H]2C(OC=O)O[C@@H](O[C@H]3CC(CN)OC3CO)C(O)[C@H]2O)OC(CO)[C@@H](O[C@@H]2OC(OC=O)[C@@H](O)[C@H](O)C2O)[C@@H]1O. The normalized spacial score (nSPS) is 45.8. The van der Waals surface area contributed by atoms with Crippen LogP contribution in [0.5, 0.6) is 0 Å². The Bertz CT molecular complexity index is 3080. The number of rotatable bonds is 35. The summed E-state index contributed by atoms with van der Waals surface area (Å²) in [5.41, 5.74) is 11.1. The highest BCUT2D eigenvalue weighted by Crippen LogP contribution is 2.39. The molecule has 26 N–H and O–H groups in total. The van der Waals surface area contributed by atoms with E-state index in [1.54, 1.807) is 0 Å². The van der Waals surface area contributed by atoms with Crippen LogP contribution in [0.2, 0.25) is 0 Å². The Kier molecular flexibility index (Phi) is 36.4. The van der Waals surface area contributed by atoms with Crippen molar-refractivity contribution in [2.45, 2.75) is 292 Å². The zero-order valence-corrected chi connectivity index (χ0v) is 61.3. The average molecular weight is 1700 g/mol. The molecule has 18 unspecified atom stereocenters. The molecule has 9 aliphatic heterocycles. The van der Waals surface area contributed by atoms with Gasteiger partial charge in [-0.25, -0.2) is 0 Å². The highest BCUT2D eigenvalue weighted by atomic mass is 16.9. The molecule has 0 aromatic rings. The van der Waals surface area contributed by atoms with E-state index in [1.807, 2.05) is 0 Å². The van der Waals surface area contributed by atoms with Gasteiger partial charge in [0, 0.05) is 40.3 Å². The number of ether oxygens (including phenoxy) is 22. The molecule has 666 valence electrons. The quantitative estimate of drug-likeness (QED) is 0.0207. The maximum Gasteiger partial charge on any atom is 0.295 e. The Morgan fingerprint density at radius 2 is 0.586 bits per heavy atom. The molecule has 116 heavy (non-hydrogen) atoms. The number of carbonyl (C=O) groups excluding carboxylic acids is 8. The van der Waals surface area contributed by atoms with Gasteiger partial charge in [0.15, 0.2) is 68.6 Å². The minimum atomic E-state index is -2.26. The summed E-state index contributed by atoms with van der Waals surface area (Å²) in [5.74, 6) is -2.41. The molecule has 9 fully saturated rings. The fourth-order valence-corrected chi connectivity index (χ4v) is 13.7. The zero-order chi connectivity index (χ0) is 85.4. The highest BCUT2D eigenvalue weighted by Gasteiger charge is 2.61. The first-order valence-electron chi connectivity index (χ1n) is 35.6. The Morgan fingerprint density at radius 1 is 0.319 bits per heavy atom. The van der Waals surface area contributed by atoms with Gasteiger partial charge in [-0.05, 0) is 0 Å². The average Bonchev–Trinajstić information content (AvgIpc) is 0.810. The van der Waals surface area contributed by atoms with Crippen LogP contribution < -0.4 is 27.4 Å². The van der Waals surface area contributed by atoms with Gasteiger partial charge >= 0.3 is 0 Å². The van der Waals surface area contributed by atoms with E-state index in [-0.39, 0.29) is 58.5 Å². The Hall–Kier alpha value is -5.76. The Labute approximate surface area is 653 Å². The molecule has 0 bridgehead atoms. The molecule has 43 atom stereocenters. The summed E-state index contributed by atoms with van der Waals surface area (Å²) in [7, 11) is 0. The van der Waals surface area contributed by atoms with E-state index < -0.39 is 309 Å². The van der Waals surface area contributed by atoms with Crippen LogP contribution in [0.25, 0.3) is 0 Å². The molecular weight excluding hydrogens is 1600 g/mol. The maximum atomic E-state index is 12.4. The van der Waals surface area contributed by atoms with Gasteiger partial charge in [-0.3, -0.25) is 38.4 Å². The van der Waals surface area contributed by atoms with Gasteiger partial charge in [0.2, 0.25) is 49.2 Å². The van der Waals surface area contributed by atoms with Crippen molar-refractivity contribution in [3.05, 3.63) is 0 Å². The molecule has 9 aliphatic rings. The zero-order valence-electron chi connectivity index (χ0n) is 61.3. The summed E-state index contributed by atoms with van der Waals surface area (Å²) < 4.78 is 119. The third kappa shape index (κ3) is 22.5. The van der Waals surface area contributed by atoms with Crippen molar-refractivity contribution in [3.63, 3.8) is 0 Å². The van der Waals surface area contributed by atoms with E-state index >= 15 is 0 Å². The van der Waals surface area contributed by atoms with Crippen LogP contribution in [0.15, 0.2) is 0 Å². The van der Waals surface area contributed by atoms with Crippen molar-refractivity contribution in [2.75, 3.05) is 46.1 Å². The Morgan fingerprint density at radius 3 is 0.879 bits per heavy atom. The van der Waals surface area contributed by atoms with Gasteiger partial charge in [-0.2, -0.15) is 0 Å². The monoisotopic (exact) mass is 1700 g/mol. The first kappa shape index (κ1) is 95.7. The summed E-state index contributed by atoms with van der Waals surface area (Å²) in [5, 5.41) is 210. The molecule has 0 aliphatic carbocycles. The fourth-order valence-electron chi connectivity index (χ4n) is 13.7. The van der Waals surface area contributed by atoms with Crippen LogP contribution in [0.1, 0.15) is 27.2 Å². The number of hydrogen-bond acceptors (Lipinski definition) is 51. The molecule has 54 heteroatoms. The van der Waals surface area contributed by atoms with E-state index in [2.05, 4.69) is 25.4 Å². The van der Waals surface area contributed by atoms with Crippen LogP contribution in [0, 0.1) is 0 Å². The summed E-state index contributed by atoms with van der Waals surface area (Å²) in [6, 6.07) is -5.08. The number of amides is 3. The summed E-state index contributed by atoms with van der Waals surface area (Å²) in [6.07, 6.45) is -72.0. The molecule has 54 nitrogen and oxygen atoms in total. The second-order valence-corrected chi connectivity index (χ2v) is 27.1. The van der Waals surface area contributed by atoms with E-state index in [9.17, 15) is 135 Å². The lowest BCUT2D eigenvalue weighted by Crippen LogP contribution is -2.70. The molecule has 0 aromatic heterocycles. The van der Waals surface area contributed by atoms with Crippen molar-refractivity contribution in [2.24, 2.45) is 11.5 Å². The fraction of sp³-hybridized carbons (Fsp3) is 0.871. The molecule has 0 aromatic carbocycles. The van der Waals surface area contributed by atoms with Gasteiger partial charge in [-0.15, -0.1) is 0 Å². The molecule has 9 heterocycles. The third-order valence-corrected chi connectivity index (χ3v) is 19.4. The molecule has 0 radical (unpaired) electrons. The van der Waals surface area contributed by atoms with Crippen molar-refractivity contribution >= 4 is 50.1 Å². The number of nitrogens with one attached hydrogen (secondary N) is 3. The third-order valence-electron chi connectivity index (χ3n) is 19.4. The highest BCUT2D eigenvalue weighted by molar-refractivity contribution is 5.74. The molecule has 0 spiro atoms. The van der Waals surface area contributed by atoms with Crippen molar-refractivity contribution in [1.82, 2.24) is 16.0 Å². The smallest absolute Gasteiger partial charge is 0.295 e. The molecule has 9 rings (SSSR count). The van der Waals surface area contributed by atoms with Gasteiger partial charge in [-0.1, -0.05) is 0 Å². The number of aliphatic hydroxyl groups excluding tert-OH is 19. The number of aliphatic hydroxyl groups is 19. The lowest BCUT2D eigenvalue weighted by Gasteiger charge is -2.50. The van der Waals surface area contributed by atoms with E-state index in [0.29, 0.717) is 0 Å². The van der Waals surface area contributed by atoms with Crippen molar-refractivity contribution in [1.29, 1.82) is 0 Å². The van der Waals surface area contributed by atoms with E-state index in [1.165, 1.54) is 0 Å². The topological polar surface area (TPSA) is 812 Å². The second kappa shape index (κ2) is 44.2. The molecule has 3 amide bonds. The van der Waals surface area contributed by atoms with Crippen LogP contribution in [0.4, 0.5) is 0 Å². The minimum Gasteiger partial charge on any atom is -0.435 e. The van der Waals surface area contributed by atoms with Crippen LogP contribution in [-0.4, -0.2) is 458 Å². The van der Waals surface area contributed by atoms with E-state index in [0.717, 1.165) is 20.8 Å². The first-order valence-corrected chi connectivity index (χ1v) is 35.6. The number of hydrogen-bond donors (Lipinski definition) is 24. The maximum absolute atomic E-state index is 12.4. The van der Waals surface area contributed by atoms with E-state index in [4.69, 9.17) is 106 Å². The van der Waals surface area contributed by atoms with Crippen LogP contribution >= 0.6 is 0 Å². The summed E-state index contributed by atoms with van der Waals surface area (Å²) in [6.45, 7) is -0.976. The van der Waals surface area contributed by atoms with Crippen molar-refractivity contribution in [3.8, 4) is 0 Å². The molecule has 9 saturated heterocycles. The summed E-state index contributed by atoms with van der Waals surface area (Å²) >= 11 is 0. The molecular formula is C62H99N5O49. The second-order valence-electron chi connectivity index (χ2n) is 27.1. The van der Waals surface area contributed by atoms with Crippen LogP contribution in [0.3, 0.4) is 0 Å². The van der Waals surface area contributed by atoms with Gasteiger partial charge in [0.25, 0.3) is 32.4 Å². The minimum absolute atomic E-state index is 0.0265.